The largest absolute Gasteiger partial charge is 0.382 e. The molecule has 0 rings (SSSR count). The summed E-state index contributed by atoms with van der Waals surface area (Å²) in [5.41, 5.74) is 0. The van der Waals surface area contributed by atoms with Gasteiger partial charge in [-0.3, -0.25) is 0 Å². The van der Waals surface area contributed by atoms with Crippen LogP contribution in [0, 0.1) is 11.3 Å². The van der Waals surface area contributed by atoms with E-state index >= 15 is 0 Å². The summed E-state index contributed by atoms with van der Waals surface area (Å²) in [6.45, 7) is 2.64. The zero-order valence-electron chi connectivity index (χ0n) is 6.71. The molecule has 4 heteroatoms. The number of hydrogen-bond donors (Lipinski definition) is 0. The molecule has 0 aromatic carbocycles. The topological polar surface area (TPSA) is 42.2 Å². The van der Waals surface area contributed by atoms with Crippen LogP contribution >= 0.6 is 11.6 Å². The van der Waals surface area contributed by atoms with Gasteiger partial charge in [0.1, 0.15) is 5.38 Å². The van der Waals surface area contributed by atoms with Gasteiger partial charge in [0.2, 0.25) is 0 Å². The van der Waals surface area contributed by atoms with E-state index in [0.717, 1.165) is 0 Å². The number of nitriles is 1. The van der Waals surface area contributed by atoms with Crippen molar-refractivity contribution in [2.75, 3.05) is 20.3 Å². The molecule has 0 aliphatic heterocycles. The Balaban J connectivity index is 3.31. The average molecular weight is 178 g/mol. The number of rotatable bonds is 5. The van der Waals surface area contributed by atoms with Gasteiger partial charge < -0.3 is 9.47 Å². The number of hydrogen-bond acceptors (Lipinski definition) is 3. The molecule has 0 amide bonds. The maximum atomic E-state index is 8.28. The van der Waals surface area contributed by atoms with Crippen LogP contribution in [0.3, 0.4) is 0 Å². The summed E-state index contributed by atoms with van der Waals surface area (Å²) in [7, 11) is 1.60. The number of nitrogens with zero attached hydrogens (tertiary/aromatic N) is 1. The molecule has 0 aromatic heterocycles. The van der Waals surface area contributed by atoms with Crippen LogP contribution in [0.5, 0.6) is 0 Å². The molecule has 2 unspecified atom stereocenters. The van der Waals surface area contributed by atoms with Crippen molar-refractivity contribution in [3.05, 3.63) is 0 Å². The molecule has 0 saturated heterocycles. The minimum atomic E-state index is -0.561. The fraction of sp³-hybridized carbons (Fsp3) is 0.857. The van der Waals surface area contributed by atoms with Crippen LogP contribution in [0.4, 0.5) is 0 Å². The van der Waals surface area contributed by atoms with Gasteiger partial charge in [0.05, 0.1) is 25.4 Å². The van der Waals surface area contributed by atoms with E-state index < -0.39 is 5.38 Å². The van der Waals surface area contributed by atoms with E-state index in [1.807, 2.05) is 13.0 Å². The minimum absolute atomic E-state index is 0.00500. The molecule has 0 fully saturated rings. The van der Waals surface area contributed by atoms with Gasteiger partial charge in [-0.1, -0.05) is 0 Å². The van der Waals surface area contributed by atoms with Crippen molar-refractivity contribution in [3.8, 4) is 6.07 Å². The van der Waals surface area contributed by atoms with Crippen LogP contribution in [0.15, 0.2) is 0 Å². The van der Waals surface area contributed by atoms with Crippen LogP contribution < -0.4 is 0 Å². The lowest BCUT2D eigenvalue weighted by atomic mass is 10.4. The quantitative estimate of drug-likeness (QED) is 0.592. The van der Waals surface area contributed by atoms with Crippen LogP contribution in [0.25, 0.3) is 0 Å². The van der Waals surface area contributed by atoms with E-state index in [-0.39, 0.29) is 12.7 Å². The Morgan fingerprint density at radius 1 is 1.55 bits per heavy atom. The second kappa shape index (κ2) is 6.41. The predicted octanol–water partition coefficient (Wildman–Crippen LogP) is 1.17. The Morgan fingerprint density at radius 3 is 2.64 bits per heavy atom. The number of alkyl halides is 1. The summed E-state index contributed by atoms with van der Waals surface area (Å²) in [5, 5.41) is 7.72. The van der Waals surface area contributed by atoms with E-state index in [4.69, 9.17) is 26.3 Å². The molecule has 0 aromatic rings. The number of ether oxygens (including phenoxy) is 2. The zero-order chi connectivity index (χ0) is 8.69. The Bertz CT molecular complexity index is 135. The Morgan fingerprint density at radius 2 is 2.18 bits per heavy atom. The second-order valence-corrected chi connectivity index (χ2v) is 2.72. The number of halogens is 1. The maximum absolute atomic E-state index is 8.28. The highest BCUT2D eigenvalue weighted by Crippen LogP contribution is 1.98. The van der Waals surface area contributed by atoms with E-state index in [1.54, 1.807) is 7.11 Å². The third kappa shape index (κ3) is 6.11. The van der Waals surface area contributed by atoms with Crippen molar-refractivity contribution < 1.29 is 9.47 Å². The molecule has 0 spiro atoms. The lowest BCUT2D eigenvalue weighted by molar-refractivity contribution is 0.0126. The van der Waals surface area contributed by atoms with Gasteiger partial charge in [0.15, 0.2) is 0 Å². The van der Waals surface area contributed by atoms with Crippen LogP contribution in [-0.2, 0) is 9.47 Å². The van der Waals surface area contributed by atoms with Gasteiger partial charge in [-0.25, -0.2) is 0 Å². The summed E-state index contributed by atoms with van der Waals surface area (Å²) in [6, 6.07) is 1.86. The van der Waals surface area contributed by atoms with Crippen molar-refractivity contribution in [2.24, 2.45) is 0 Å². The normalized spacial score (nSPS) is 15.5. The highest BCUT2D eigenvalue weighted by atomic mass is 35.5. The molecule has 0 radical (unpaired) electrons. The Kier molecular flexibility index (Phi) is 6.24. The standard InChI is InChI=1S/C7H12ClNO2/c1-6(4-10-2)11-5-7(8)3-9/h6-7H,4-5H2,1-2H3. The molecule has 0 aliphatic carbocycles. The van der Waals surface area contributed by atoms with Crippen molar-refractivity contribution in [1.82, 2.24) is 0 Å². The second-order valence-electron chi connectivity index (χ2n) is 2.20. The third-order valence-corrected chi connectivity index (χ3v) is 1.29. The summed E-state index contributed by atoms with van der Waals surface area (Å²) in [6.07, 6.45) is -0.00500. The fourth-order valence-electron chi connectivity index (χ4n) is 0.569. The molecule has 0 saturated carbocycles. The van der Waals surface area contributed by atoms with Crippen LogP contribution in [0.2, 0.25) is 0 Å². The van der Waals surface area contributed by atoms with Crippen LogP contribution in [-0.4, -0.2) is 31.8 Å². The Labute approximate surface area is 71.9 Å². The van der Waals surface area contributed by atoms with Gasteiger partial charge in [-0.2, -0.15) is 5.26 Å². The van der Waals surface area contributed by atoms with Gasteiger partial charge in [-0.05, 0) is 6.92 Å². The van der Waals surface area contributed by atoms with E-state index in [0.29, 0.717) is 6.61 Å². The molecule has 2 atom stereocenters. The molecule has 64 valence electrons. The fourth-order valence-corrected chi connectivity index (χ4v) is 0.642. The van der Waals surface area contributed by atoms with Crippen molar-refractivity contribution in [1.29, 1.82) is 5.26 Å². The van der Waals surface area contributed by atoms with E-state index in [1.165, 1.54) is 0 Å². The average Bonchev–Trinajstić information content (AvgIpc) is 2.01. The van der Waals surface area contributed by atoms with Gasteiger partial charge in [0, 0.05) is 7.11 Å². The first-order chi connectivity index (χ1) is 5.20. The first-order valence-electron chi connectivity index (χ1n) is 3.35. The highest BCUT2D eigenvalue weighted by molar-refractivity contribution is 6.22. The first kappa shape index (κ1) is 10.7. The molecule has 3 nitrogen and oxygen atoms in total. The van der Waals surface area contributed by atoms with Gasteiger partial charge in [0.25, 0.3) is 0 Å². The van der Waals surface area contributed by atoms with Gasteiger partial charge in [-0.15, -0.1) is 11.6 Å². The summed E-state index contributed by atoms with van der Waals surface area (Å²) in [5.74, 6) is 0. The van der Waals surface area contributed by atoms with Gasteiger partial charge >= 0.3 is 0 Å². The van der Waals surface area contributed by atoms with E-state index in [9.17, 15) is 0 Å². The SMILES string of the molecule is COCC(C)OCC(Cl)C#N. The smallest absolute Gasteiger partial charge is 0.143 e. The lowest BCUT2D eigenvalue weighted by Gasteiger charge is -2.11. The summed E-state index contributed by atoms with van der Waals surface area (Å²) in [4.78, 5) is 0. The minimum Gasteiger partial charge on any atom is -0.382 e. The summed E-state index contributed by atoms with van der Waals surface area (Å²) >= 11 is 5.48. The molecule has 0 bridgehead atoms. The predicted molar refractivity (Wildman–Crippen MR) is 42.5 cm³/mol. The third-order valence-electron chi connectivity index (χ3n) is 1.07. The molecule has 11 heavy (non-hydrogen) atoms. The summed E-state index contributed by atoms with van der Waals surface area (Å²) < 4.78 is 9.97. The van der Waals surface area contributed by atoms with Crippen molar-refractivity contribution >= 4 is 11.6 Å². The van der Waals surface area contributed by atoms with Crippen molar-refractivity contribution in [3.63, 3.8) is 0 Å². The number of methoxy groups -OCH3 is 1. The molecule has 0 aliphatic rings. The highest BCUT2D eigenvalue weighted by Gasteiger charge is 2.05. The zero-order valence-corrected chi connectivity index (χ0v) is 7.47. The maximum Gasteiger partial charge on any atom is 0.143 e. The Hall–Kier alpha value is -0.300. The molecular weight excluding hydrogens is 166 g/mol. The lowest BCUT2D eigenvalue weighted by Crippen LogP contribution is -2.19. The van der Waals surface area contributed by atoms with E-state index in [2.05, 4.69) is 0 Å². The monoisotopic (exact) mass is 177 g/mol. The van der Waals surface area contributed by atoms with Crippen LogP contribution in [0.1, 0.15) is 6.92 Å². The van der Waals surface area contributed by atoms with Crippen molar-refractivity contribution in [2.45, 2.75) is 18.4 Å². The molecular formula is C7H12ClNO2. The first-order valence-corrected chi connectivity index (χ1v) is 3.78. The molecule has 0 N–H and O–H groups in total. The molecule has 0 heterocycles.